The fourth-order valence-electron chi connectivity index (χ4n) is 1.13. The molecule has 0 bridgehead atoms. The van der Waals surface area contributed by atoms with Crippen LogP contribution in [-0.4, -0.2) is 15.9 Å². The number of Topliss-reactive ketones (excluding diaryl/α,β-unsaturated/α-hetero) is 1. The Balaban J connectivity index is 0.000000364. The fraction of sp³-hybridized carbons (Fsp3) is 0.200. The first-order valence-electron chi connectivity index (χ1n) is 5.76. The van der Waals surface area contributed by atoms with E-state index in [1.165, 1.54) is 13.8 Å². The van der Waals surface area contributed by atoms with E-state index in [1.807, 2.05) is 29.6 Å². The molecular weight excluding hydrogens is 450 g/mol. The molecule has 0 aliphatic rings. The van der Waals surface area contributed by atoms with Crippen LogP contribution in [0.5, 0.6) is 0 Å². The van der Waals surface area contributed by atoms with E-state index in [4.69, 9.17) is 5.11 Å². The minimum Gasteiger partial charge on any atom is -0.512 e. The third kappa shape index (κ3) is 6.24. The Morgan fingerprint density at radius 1 is 1.30 bits per heavy atom. The van der Waals surface area contributed by atoms with Crippen molar-refractivity contribution < 1.29 is 30.0 Å². The van der Waals surface area contributed by atoms with Crippen molar-refractivity contribution in [2.24, 2.45) is 0 Å². The van der Waals surface area contributed by atoms with Crippen molar-refractivity contribution in [2.45, 2.75) is 20.8 Å². The van der Waals surface area contributed by atoms with Crippen molar-refractivity contribution in [1.29, 1.82) is 0 Å². The van der Waals surface area contributed by atoms with Gasteiger partial charge in [0.1, 0.15) is 0 Å². The van der Waals surface area contributed by atoms with Gasteiger partial charge in [-0.3, -0.25) is 4.79 Å². The number of rotatable bonds is 2. The monoisotopic (exact) mass is 467 g/mol. The van der Waals surface area contributed by atoms with Crippen LogP contribution in [-0.2, 0) is 24.9 Å². The Bertz CT molecular complexity index is 547. The summed E-state index contributed by atoms with van der Waals surface area (Å²) in [7, 11) is 0. The second-order valence-electron chi connectivity index (χ2n) is 3.88. The first kappa shape index (κ1) is 18.7. The minimum atomic E-state index is -0.0787. The first-order chi connectivity index (χ1) is 9.02. The Hall–Kier alpha value is -1.29. The largest absolute Gasteiger partial charge is 0.512 e. The predicted molar refractivity (Wildman–Crippen MR) is 78.1 cm³/mol. The summed E-state index contributed by atoms with van der Waals surface area (Å²) in [6.07, 6.45) is 1.79. The van der Waals surface area contributed by atoms with E-state index in [-0.39, 0.29) is 31.6 Å². The van der Waals surface area contributed by atoms with Gasteiger partial charge in [-0.1, -0.05) is 17.0 Å². The number of aliphatic hydroxyl groups excluding tert-OH is 1. The zero-order valence-corrected chi connectivity index (χ0v) is 14.7. The summed E-state index contributed by atoms with van der Waals surface area (Å²) in [6, 6.07) is 10.9. The zero-order chi connectivity index (χ0) is 14.3. The second-order valence-corrected chi connectivity index (χ2v) is 4.79. The summed E-state index contributed by atoms with van der Waals surface area (Å²) < 4.78 is 0. The Kier molecular flexibility index (Phi) is 8.97. The quantitative estimate of drug-likeness (QED) is 0.413. The molecule has 2 aromatic heterocycles. The van der Waals surface area contributed by atoms with Crippen LogP contribution in [0.4, 0.5) is 0 Å². The van der Waals surface area contributed by atoms with Crippen LogP contribution in [0, 0.1) is 6.07 Å². The maximum atomic E-state index is 10.4. The number of carbonyl (C=O) groups is 1. The maximum absolute atomic E-state index is 10.4. The van der Waals surface area contributed by atoms with Crippen LogP contribution < -0.4 is 0 Å². The summed E-state index contributed by atoms with van der Waals surface area (Å²) in [5.74, 6) is 0.0301. The normalized spacial score (nSPS) is 10.6. The van der Waals surface area contributed by atoms with Gasteiger partial charge in [0.15, 0.2) is 5.78 Å². The molecule has 1 N–H and O–H groups in total. The van der Waals surface area contributed by atoms with Gasteiger partial charge in [0.25, 0.3) is 0 Å². The molecule has 2 heterocycles. The third-order valence-electron chi connectivity index (χ3n) is 2.44. The Morgan fingerprint density at radius 2 is 2.00 bits per heavy atom. The second kappa shape index (κ2) is 9.59. The smallest absolute Gasteiger partial charge is 0.158 e. The van der Waals surface area contributed by atoms with E-state index in [1.54, 1.807) is 24.5 Å². The van der Waals surface area contributed by atoms with Crippen molar-refractivity contribution in [1.82, 2.24) is 4.98 Å². The number of carbonyl (C=O) groups excluding carboxylic acids is 1. The molecule has 0 saturated carbocycles. The van der Waals surface area contributed by atoms with E-state index in [0.717, 1.165) is 10.6 Å². The molecule has 0 saturated heterocycles. The molecule has 0 atom stereocenters. The van der Waals surface area contributed by atoms with Gasteiger partial charge in [-0.25, -0.2) is 11.3 Å². The van der Waals surface area contributed by atoms with Crippen molar-refractivity contribution in [2.75, 3.05) is 0 Å². The van der Waals surface area contributed by atoms with Gasteiger partial charge in [0, 0.05) is 31.9 Å². The fourth-order valence-corrected chi connectivity index (χ4v) is 1.78. The zero-order valence-electron chi connectivity index (χ0n) is 11.5. The third-order valence-corrected chi connectivity index (χ3v) is 3.27. The molecule has 2 aromatic rings. The number of thiophene rings is 1. The SMILES string of the molecule is CC(=O)/C(C)=C(/C)O.[Ir].[c-]1ccsc1-c1ccccn1. The summed E-state index contributed by atoms with van der Waals surface area (Å²) in [5.41, 5.74) is 1.44. The van der Waals surface area contributed by atoms with Gasteiger partial charge in [-0.05, 0) is 32.5 Å². The van der Waals surface area contributed by atoms with E-state index < -0.39 is 0 Å². The van der Waals surface area contributed by atoms with Crippen molar-refractivity contribution in [3.05, 3.63) is 53.2 Å². The molecule has 2 rings (SSSR count). The molecule has 20 heavy (non-hydrogen) atoms. The molecule has 5 heteroatoms. The number of allylic oxidation sites excluding steroid dienone is 2. The van der Waals surface area contributed by atoms with Gasteiger partial charge in [-0.2, -0.15) is 12.1 Å². The summed E-state index contributed by atoms with van der Waals surface area (Å²) in [5, 5.41) is 10.7. The topological polar surface area (TPSA) is 50.2 Å². The van der Waals surface area contributed by atoms with E-state index in [2.05, 4.69) is 11.1 Å². The summed E-state index contributed by atoms with van der Waals surface area (Å²) in [6.45, 7) is 4.52. The molecule has 0 fully saturated rings. The van der Waals surface area contributed by atoms with E-state index in [0.29, 0.717) is 5.57 Å². The number of nitrogens with zero attached hydrogens (tertiary/aromatic N) is 1. The molecule has 0 aliphatic heterocycles. The molecule has 1 radical (unpaired) electrons. The van der Waals surface area contributed by atoms with Gasteiger partial charge < -0.3 is 10.1 Å². The Morgan fingerprint density at radius 3 is 2.35 bits per heavy atom. The van der Waals surface area contributed by atoms with Crippen LogP contribution in [0.2, 0.25) is 0 Å². The maximum Gasteiger partial charge on any atom is 0.158 e. The average Bonchev–Trinajstić information content (AvgIpc) is 2.93. The molecule has 0 aromatic carbocycles. The van der Waals surface area contributed by atoms with Gasteiger partial charge in [-0.15, -0.1) is 5.38 Å². The minimum absolute atomic E-state index is 0. The number of pyridine rings is 1. The van der Waals surface area contributed by atoms with Gasteiger partial charge in [0.05, 0.1) is 5.76 Å². The van der Waals surface area contributed by atoms with Gasteiger partial charge in [0.2, 0.25) is 0 Å². The average molecular weight is 467 g/mol. The first-order valence-corrected chi connectivity index (χ1v) is 6.64. The summed E-state index contributed by atoms with van der Waals surface area (Å²) in [4.78, 5) is 15.7. The number of ketones is 1. The van der Waals surface area contributed by atoms with E-state index >= 15 is 0 Å². The predicted octanol–water partition coefficient (Wildman–Crippen LogP) is 4.04. The van der Waals surface area contributed by atoms with Crippen molar-refractivity contribution in [3.8, 4) is 10.6 Å². The number of aliphatic hydroxyl groups is 1. The van der Waals surface area contributed by atoms with Crippen LogP contribution >= 0.6 is 11.3 Å². The number of aromatic nitrogens is 1. The molecule has 0 aliphatic carbocycles. The Labute approximate surface area is 136 Å². The number of hydrogen-bond acceptors (Lipinski definition) is 4. The van der Waals surface area contributed by atoms with Crippen molar-refractivity contribution in [3.63, 3.8) is 0 Å². The van der Waals surface area contributed by atoms with Gasteiger partial charge >= 0.3 is 0 Å². The van der Waals surface area contributed by atoms with Crippen LogP contribution in [0.15, 0.2) is 47.2 Å². The van der Waals surface area contributed by atoms with E-state index in [9.17, 15) is 4.79 Å². The molecule has 0 spiro atoms. The molecular formula is C15H16IrNO2S-. The molecule has 3 nitrogen and oxygen atoms in total. The van der Waals surface area contributed by atoms with Crippen LogP contribution in [0.1, 0.15) is 20.8 Å². The van der Waals surface area contributed by atoms with Crippen LogP contribution in [0.3, 0.4) is 0 Å². The molecule has 0 amide bonds. The molecule has 0 unspecified atom stereocenters. The number of hydrogen-bond donors (Lipinski definition) is 1. The molecule has 109 valence electrons. The summed E-state index contributed by atoms with van der Waals surface area (Å²) >= 11 is 1.66. The van der Waals surface area contributed by atoms with Crippen LogP contribution in [0.25, 0.3) is 10.6 Å². The standard InChI is InChI=1S/C9H6NS.C6H10O2.Ir/c1-2-6-10-8(4-1)9-5-3-7-11-9;1-4(5(2)7)6(3)8;/h1-4,6-7H;7H,1-3H3;/q-1;;/b;5-4-;. The van der Waals surface area contributed by atoms with Crippen molar-refractivity contribution >= 4 is 17.1 Å².